The SMILES string of the molecule is CCc1ccc(C(Br)c2c(OC)cc(OC)cc2OC)s1. The summed E-state index contributed by atoms with van der Waals surface area (Å²) in [5.41, 5.74) is 0.977. The van der Waals surface area contributed by atoms with E-state index in [4.69, 9.17) is 14.2 Å². The fourth-order valence-electron chi connectivity index (χ4n) is 2.15. The Kier molecular flexibility index (Phi) is 5.53. The van der Waals surface area contributed by atoms with Crippen molar-refractivity contribution in [2.24, 2.45) is 0 Å². The zero-order valence-electron chi connectivity index (χ0n) is 12.6. The lowest BCUT2D eigenvalue weighted by Crippen LogP contribution is -2.00. The van der Waals surface area contributed by atoms with Crippen LogP contribution in [0.15, 0.2) is 24.3 Å². The Labute approximate surface area is 138 Å². The van der Waals surface area contributed by atoms with Crippen LogP contribution in [0.25, 0.3) is 0 Å². The van der Waals surface area contributed by atoms with Crippen molar-refractivity contribution in [2.45, 2.75) is 18.2 Å². The molecule has 3 nitrogen and oxygen atoms in total. The highest BCUT2D eigenvalue weighted by Gasteiger charge is 2.23. The summed E-state index contributed by atoms with van der Waals surface area (Å²) in [6, 6.07) is 8.06. The first-order valence-electron chi connectivity index (χ1n) is 6.67. The monoisotopic (exact) mass is 370 g/mol. The van der Waals surface area contributed by atoms with Crippen molar-refractivity contribution < 1.29 is 14.2 Å². The minimum Gasteiger partial charge on any atom is -0.496 e. The van der Waals surface area contributed by atoms with Gasteiger partial charge in [0, 0.05) is 21.9 Å². The summed E-state index contributed by atoms with van der Waals surface area (Å²) in [6.45, 7) is 2.16. The number of benzene rings is 1. The topological polar surface area (TPSA) is 27.7 Å². The van der Waals surface area contributed by atoms with Crippen molar-refractivity contribution in [3.63, 3.8) is 0 Å². The maximum atomic E-state index is 5.52. The van der Waals surface area contributed by atoms with Gasteiger partial charge in [-0.3, -0.25) is 0 Å². The Balaban J connectivity index is 2.50. The second-order valence-electron chi connectivity index (χ2n) is 4.47. The average molecular weight is 371 g/mol. The third kappa shape index (κ3) is 3.35. The molecule has 0 saturated carbocycles. The van der Waals surface area contributed by atoms with Crippen molar-refractivity contribution in [1.82, 2.24) is 0 Å². The van der Waals surface area contributed by atoms with E-state index < -0.39 is 0 Å². The average Bonchev–Trinajstić information content (AvgIpc) is 3.01. The van der Waals surface area contributed by atoms with Crippen LogP contribution in [0.4, 0.5) is 0 Å². The van der Waals surface area contributed by atoms with Crippen LogP contribution in [0.2, 0.25) is 0 Å². The van der Waals surface area contributed by atoms with Crippen LogP contribution < -0.4 is 14.2 Å². The number of hydrogen-bond donors (Lipinski definition) is 0. The molecule has 0 bridgehead atoms. The van der Waals surface area contributed by atoms with Gasteiger partial charge < -0.3 is 14.2 Å². The van der Waals surface area contributed by atoms with E-state index in [-0.39, 0.29) is 4.83 Å². The van der Waals surface area contributed by atoms with E-state index in [0.717, 1.165) is 23.5 Å². The van der Waals surface area contributed by atoms with Gasteiger partial charge in [-0.05, 0) is 18.6 Å². The van der Waals surface area contributed by atoms with Crippen molar-refractivity contribution in [3.05, 3.63) is 39.6 Å². The summed E-state index contributed by atoms with van der Waals surface area (Å²) < 4.78 is 16.3. The van der Waals surface area contributed by atoms with Gasteiger partial charge in [0.1, 0.15) is 17.2 Å². The molecule has 0 saturated heterocycles. The highest BCUT2D eigenvalue weighted by atomic mass is 79.9. The molecule has 0 aliphatic heterocycles. The van der Waals surface area contributed by atoms with Crippen LogP contribution in [-0.2, 0) is 6.42 Å². The number of methoxy groups -OCH3 is 3. The molecule has 0 aliphatic carbocycles. The Morgan fingerprint density at radius 2 is 1.67 bits per heavy atom. The lowest BCUT2D eigenvalue weighted by atomic mass is 10.1. The van der Waals surface area contributed by atoms with Gasteiger partial charge in [-0.2, -0.15) is 0 Å². The Morgan fingerprint density at radius 3 is 2.10 bits per heavy atom. The molecular formula is C16H19BrO3S. The molecule has 0 N–H and O–H groups in total. The molecule has 5 heteroatoms. The van der Waals surface area contributed by atoms with Gasteiger partial charge in [-0.15, -0.1) is 11.3 Å². The second-order valence-corrected chi connectivity index (χ2v) is 6.58. The van der Waals surface area contributed by atoms with Gasteiger partial charge >= 0.3 is 0 Å². The van der Waals surface area contributed by atoms with E-state index in [9.17, 15) is 0 Å². The molecule has 1 atom stereocenters. The summed E-state index contributed by atoms with van der Waals surface area (Å²) in [7, 11) is 4.94. The van der Waals surface area contributed by atoms with E-state index in [1.165, 1.54) is 9.75 Å². The van der Waals surface area contributed by atoms with Gasteiger partial charge in [-0.25, -0.2) is 0 Å². The summed E-state index contributed by atoms with van der Waals surface area (Å²) in [5.74, 6) is 2.21. The van der Waals surface area contributed by atoms with Crippen LogP contribution in [0.3, 0.4) is 0 Å². The highest BCUT2D eigenvalue weighted by molar-refractivity contribution is 9.09. The van der Waals surface area contributed by atoms with Crippen LogP contribution in [0, 0.1) is 0 Å². The van der Waals surface area contributed by atoms with Crippen molar-refractivity contribution in [2.75, 3.05) is 21.3 Å². The van der Waals surface area contributed by atoms with Gasteiger partial charge in [0.2, 0.25) is 0 Å². The first-order chi connectivity index (χ1) is 10.1. The fourth-order valence-corrected chi connectivity index (χ4v) is 3.97. The van der Waals surface area contributed by atoms with Gasteiger partial charge in [0.05, 0.1) is 31.7 Å². The maximum Gasteiger partial charge on any atom is 0.130 e. The Hall–Kier alpha value is -1.20. The number of alkyl halides is 1. The minimum atomic E-state index is 0.0265. The molecule has 1 heterocycles. The summed E-state index contributed by atoms with van der Waals surface area (Å²) in [5, 5.41) is 0. The van der Waals surface area contributed by atoms with Gasteiger partial charge in [-0.1, -0.05) is 22.9 Å². The predicted molar refractivity (Wildman–Crippen MR) is 90.6 cm³/mol. The Bertz CT molecular complexity index is 584. The van der Waals surface area contributed by atoms with E-state index in [1.54, 1.807) is 32.7 Å². The molecule has 1 aromatic carbocycles. The Morgan fingerprint density at radius 1 is 1.05 bits per heavy atom. The first kappa shape index (κ1) is 16.2. The van der Waals surface area contributed by atoms with Crippen molar-refractivity contribution >= 4 is 27.3 Å². The summed E-state index contributed by atoms with van der Waals surface area (Å²) in [6.07, 6.45) is 1.04. The number of aryl methyl sites for hydroxylation is 1. The zero-order chi connectivity index (χ0) is 15.4. The molecular weight excluding hydrogens is 352 g/mol. The third-order valence-electron chi connectivity index (χ3n) is 3.29. The smallest absolute Gasteiger partial charge is 0.130 e. The fraction of sp³-hybridized carbons (Fsp3) is 0.375. The molecule has 0 aliphatic rings. The normalized spacial score (nSPS) is 12.0. The van der Waals surface area contributed by atoms with Gasteiger partial charge in [0.25, 0.3) is 0 Å². The molecule has 1 unspecified atom stereocenters. The van der Waals surface area contributed by atoms with Crippen LogP contribution in [0.1, 0.15) is 27.1 Å². The first-order valence-corrected chi connectivity index (χ1v) is 8.40. The third-order valence-corrected chi connectivity index (χ3v) is 5.84. The van der Waals surface area contributed by atoms with E-state index >= 15 is 0 Å². The van der Waals surface area contributed by atoms with Gasteiger partial charge in [0.15, 0.2) is 0 Å². The molecule has 0 spiro atoms. The van der Waals surface area contributed by atoms with Crippen molar-refractivity contribution in [1.29, 1.82) is 0 Å². The van der Waals surface area contributed by atoms with E-state index in [2.05, 4.69) is 35.0 Å². The van der Waals surface area contributed by atoms with Crippen molar-refractivity contribution in [3.8, 4) is 17.2 Å². The highest BCUT2D eigenvalue weighted by Crippen LogP contribution is 2.46. The summed E-state index contributed by atoms with van der Waals surface area (Å²) >= 11 is 5.57. The number of rotatable bonds is 6. The molecule has 2 rings (SSSR count). The maximum absolute atomic E-state index is 5.52. The van der Waals surface area contributed by atoms with E-state index in [1.807, 2.05) is 12.1 Å². The summed E-state index contributed by atoms with van der Waals surface area (Å²) in [4.78, 5) is 2.62. The zero-order valence-corrected chi connectivity index (χ0v) is 15.0. The largest absolute Gasteiger partial charge is 0.496 e. The molecule has 1 aromatic heterocycles. The molecule has 2 aromatic rings. The predicted octanol–water partition coefficient (Wildman–Crippen LogP) is 4.82. The number of hydrogen-bond acceptors (Lipinski definition) is 4. The van der Waals surface area contributed by atoms with Crippen LogP contribution >= 0.6 is 27.3 Å². The van der Waals surface area contributed by atoms with Crippen LogP contribution in [0.5, 0.6) is 17.2 Å². The molecule has 0 fully saturated rings. The lowest BCUT2D eigenvalue weighted by Gasteiger charge is -2.18. The second kappa shape index (κ2) is 7.18. The minimum absolute atomic E-state index is 0.0265. The molecule has 21 heavy (non-hydrogen) atoms. The molecule has 0 amide bonds. The standard InChI is InChI=1S/C16H19BrO3S/c1-5-11-6-7-14(21-11)16(17)15-12(19-3)8-10(18-2)9-13(15)20-4/h6-9,16H,5H2,1-4H3. The molecule has 114 valence electrons. The lowest BCUT2D eigenvalue weighted by molar-refractivity contribution is 0.370. The number of thiophene rings is 1. The van der Waals surface area contributed by atoms with E-state index in [0.29, 0.717) is 5.75 Å². The number of halogens is 1. The number of ether oxygens (including phenoxy) is 3. The quantitative estimate of drug-likeness (QED) is 0.682. The van der Waals surface area contributed by atoms with Crippen LogP contribution in [-0.4, -0.2) is 21.3 Å². The molecule has 0 radical (unpaired) electrons.